The van der Waals surface area contributed by atoms with Gasteiger partial charge in [-0.3, -0.25) is 4.98 Å². The van der Waals surface area contributed by atoms with Crippen LogP contribution in [0.5, 0.6) is 0 Å². The summed E-state index contributed by atoms with van der Waals surface area (Å²) in [5.74, 6) is 0. The number of rotatable bonds is 0. The van der Waals surface area contributed by atoms with Crippen molar-refractivity contribution in [3.8, 4) is 0 Å². The van der Waals surface area contributed by atoms with Gasteiger partial charge in [0.25, 0.3) is 0 Å². The van der Waals surface area contributed by atoms with E-state index in [-0.39, 0.29) is 17.2 Å². The number of hydrogen-bond acceptors (Lipinski definition) is 3. The molecule has 0 aromatic carbocycles. The van der Waals surface area contributed by atoms with Crippen molar-refractivity contribution in [3.05, 3.63) is 30.6 Å². The molecule has 2 heterocycles. The van der Waals surface area contributed by atoms with Crippen LogP contribution >= 0.6 is 0 Å². The maximum atomic E-state index is 11.8. The van der Waals surface area contributed by atoms with E-state index in [2.05, 4.69) is 4.98 Å². The van der Waals surface area contributed by atoms with Crippen molar-refractivity contribution in [2.45, 2.75) is 57.6 Å². The van der Waals surface area contributed by atoms with E-state index in [9.17, 15) is 4.79 Å². The van der Waals surface area contributed by atoms with Crippen LogP contribution in [0.15, 0.2) is 30.6 Å². The Bertz CT molecular complexity index is 409. The Labute approximate surface area is 121 Å². The molecule has 1 amide bonds. The molecule has 2 fully saturated rings. The minimum Gasteiger partial charge on any atom is -0.444 e. The van der Waals surface area contributed by atoms with Crippen LogP contribution in [0.2, 0.25) is 0 Å². The molecule has 4 heteroatoms. The van der Waals surface area contributed by atoms with Crippen LogP contribution in [-0.2, 0) is 4.74 Å². The topological polar surface area (TPSA) is 42.4 Å². The molecule has 0 N–H and O–H groups in total. The second-order valence-corrected chi connectivity index (χ2v) is 6.48. The van der Waals surface area contributed by atoms with Crippen molar-refractivity contribution in [1.29, 1.82) is 0 Å². The van der Waals surface area contributed by atoms with Gasteiger partial charge in [-0.1, -0.05) is 6.07 Å². The highest BCUT2D eigenvalue weighted by molar-refractivity contribution is 5.70. The van der Waals surface area contributed by atoms with Crippen LogP contribution in [0, 0.1) is 0 Å². The normalized spacial score (nSPS) is 19.2. The third kappa shape index (κ3) is 3.95. The summed E-state index contributed by atoms with van der Waals surface area (Å²) in [6, 6.07) is 5.72. The van der Waals surface area contributed by atoms with Gasteiger partial charge in [-0.2, -0.15) is 0 Å². The van der Waals surface area contributed by atoms with Gasteiger partial charge in [0.2, 0.25) is 0 Å². The quantitative estimate of drug-likeness (QED) is 0.726. The average molecular weight is 276 g/mol. The first-order valence-electron chi connectivity index (χ1n) is 7.29. The molecule has 1 aromatic rings. The molecule has 4 nitrogen and oxygen atoms in total. The van der Waals surface area contributed by atoms with Gasteiger partial charge in [-0.25, -0.2) is 4.79 Å². The van der Waals surface area contributed by atoms with Gasteiger partial charge in [-0.05, 0) is 58.6 Å². The van der Waals surface area contributed by atoms with Crippen molar-refractivity contribution >= 4 is 6.09 Å². The van der Waals surface area contributed by atoms with E-state index in [1.165, 1.54) is 19.3 Å². The van der Waals surface area contributed by atoms with E-state index in [4.69, 9.17) is 4.74 Å². The van der Waals surface area contributed by atoms with Gasteiger partial charge in [0.15, 0.2) is 0 Å². The Morgan fingerprint density at radius 2 is 1.80 bits per heavy atom. The van der Waals surface area contributed by atoms with Crippen molar-refractivity contribution in [3.63, 3.8) is 0 Å². The fraction of sp³-hybridized carbons (Fsp3) is 0.625. The maximum absolute atomic E-state index is 11.8. The molecule has 0 atom stereocenters. The number of carbonyl (C=O) groups is 1. The molecule has 0 radical (unpaired) electrons. The molecule has 3 rings (SSSR count). The zero-order chi connectivity index (χ0) is 14.6. The summed E-state index contributed by atoms with van der Waals surface area (Å²) in [7, 11) is 0. The number of carbonyl (C=O) groups excluding carboxylic acids is 1. The summed E-state index contributed by atoms with van der Waals surface area (Å²) in [6.07, 6.45) is 8.04. The van der Waals surface area contributed by atoms with E-state index in [0.29, 0.717) is 0 Å². The molecule has 1 saturated carbocycles. The van der Waals surface area contributed by atoms with Crippen molar-refractivity contribution in [1.82, 2.24) is 9.88 Å². The van der Waals surface area contributed by atoms with E-state index in [1.54, 1.807) is 12.4 Å². The fourth-order valence-electron chi connectivity index (χ4n) is 2.52. The van der Waals surface area contributed by atoms with Gasteiger partial charge in [0.05, 0.1) is 0 Å². The summed E-state index contributed by atoms with van der Waals surface area (Å²) in [5.41, 5.74) is -0.155. The Hall–Kier alpha value is -1.58. The molecule has 0 unspecified atom stereocenters. The van der Waals surface area contributed by atoms with Gasteiger partial charge in [0.1, 0.15) is 5.60 Å². The molecule has 20 heavy (non-hydrogen) atoms. The maximum Gasteiger partial charge on any atom is 0.410 e. The highest BCUT2D eigenvalue weighted by Gasteiger charge is 2.53. The third-order valence-corrected chi connectivity index (χ3v) is 3.60. The van der Waals surface area contributed by atoms with Gasteiger partial charge in [0, 0.05) is 24.5 Å². The third-order valence-electron chi connectivity index (χ3n) is 3.60. The fourth-order valence-corrected chi connectivity index (χ4v) is 2.52. The summed E-state index contributed by atoms with van der Waals surface area (Å²) in [5, 5.41) is 0. The number of pyridine rings is 1. The van der Waals surface area contributed by atoms with Crippen LogP contribution in [0.4, 0.5) is 4.79 Å². The zero-order valence-corrected chi connectivity index (χ0v) is 12.6. The van der Waals surface area contributed by atoms with E-state index in [1.807, 2.05) is 43.9 Å². The summed E-state index contributed by atoms with van der Waals surface area (Å²) in [6.45, 7) is 6.64. The molecule has 1 aromatic heterocycles. The van der Waals surface area contributed by atoms with Crippen molar-refractivity contribution in [2.24, 2.45) is 0 Å². The first-order chi connectivity index (χ1) is 9.43. The van der Waals surface area contributed by atoms with Crippen LogP contribution in [0.3, 0.4) is 0 Å². The summed E-state index contributed by atoms with van der Waals surface area (Å²) >= 11 is 0. The molecule has 1 saturated heterocycles. The van der Waals surface area contributed by atoms with E-state index >= 15 is 0 Å². The molecule has 1 aliphatic carbocycles. The molecular weight excluding hydrogens is 252 g/mol. The second kappa shape index (κ2) is 5.81. The number of nitrogens with zero attached hydrogens (tertiary/aromatic N) is 2. The SMILES string of the molecule is CC(C)(C)OC(=O)N1CCCC12CC2.c1ccncc1. The molecular formula is C16H24N2O2. The Kier molecular flexibility index (Phi) is 4.31. The van der Waals surface area contributed by atoms with Gasteiger partial charge < -0.3 is 9.64 Å². The number of amides is 1. The smallest absolute Gasteiger partial charge is 0.410 e. The van der Waals surface area contributed by atoms with Gasteiger partial charge in [-0.15, -0.1) is 0 Å². The predicted molar refractivity (Wildman–Crippen MR) is 78.4 cm³/mol. The predicted octanol–water partition coefficient (Wildman–Crippen LogP) is 3.63. The first-order valence-corrected chi connectivity index (χ1v) is 7.29. The summed E-state index contributed by atoms with van der Waals surface area (Å²) < 4.78 is 5.38. The molecule has 0 bridgehead atoms. The lowest BCUT2D eigenvalue weighted by Crippen LogP contribution is -2.41. The van der Waals surface area contributed by atoms with Crippen molar-refractivity contribution in [2.75, 3.05) is 6.54 Å². The number of likely N-dealkylation sites (tertiary alicyclic amines) is 1. The minimum absolute atomic E-state index is 0.118. The van der Waals surface area contributed by atoms with Crippen LogP contribution in [-0.4, -0.2) is 33.7 Å². The number of hydrogen-bond donors (Lipinski definition) is 0. The van der Waals surface area contributed by atoms with E-state index < -0.39 is 0 Å². The largest absolute Gasteiger partial charge is 0.444 e. The Balaban J connectivity index is 0.000000205. The van der Waals surface area contributed by atoms with Gasteiger partial charge >= 0.3 is 6.09 Å². The number of aromatic nitrogens is 1. The second-order valence-electron chi connectivity index (χ2n) is 6.48. The molecule has 110 valence electrons. The van der Waals surface area contributed by atoms with Crippen LogP contribution in [0.1, 0.15) is 46.5 Å². The first kappa shape index (κ1) is 14.8. The molecule has 2 aliphatic rings. The van der Waals surface area contributed by atoms with E-state index in [0.717, 1.165) is 13.0 Å². The Morgan fingerprint density at radius 1 is 1.15 bits per heavy atom. The van der Waals surface area contributed by atoms with Crippen LogP contribution < -0.4 is 0 Å². The standard InChI is InChI=1S/C11H19NO2.C5H5N/c1-10(2,3)14-9(13)12-8-4-5-11(12)6-7-11;1-2-4-6-5-3-1/h4-8H2,1-3H3;1-5H. The summed E-state index contributed by atoms with van der Waals surface area (Å²) in [4.78, 5) is 17.5. The lowest BCUT2D eigenvalue weighted by atomic mass is 10.2. The highest BCUT2D eigenvalue weighted by Crippen LogP contribution is 2.49. The lowest BCUT2D eigenvalue weighted by Gasteiger charge is -2.28. The molecule has 1 spiro atoms. The van der Waals surface area contributed by atoms with Crippen LogP contribution in [0.25, 0.3) is 0 Å². The Morgan fingerprint density at radius 3 is 2.20 bits per heavy atom. The van der Waals surface area contributed by atoms with Crippen molar-refractivity contribution < 1.29 is 9.53 Å². The number of ether oxygens (including phenoxy) is 1. The zero-order valence-electron chi connectivity index (χ0n) is 12.6. The lowest BCUT2D eigenvalue weighted by molar-refractivity contribution is 0.0204. The highest BCUT2D eigenvalue weighted by atomic mass is 16.6. The monoisotopic (exact) mass is 276 g/mol. The average Bonchev–Trinajstić information content (AvgIpc) is 3.01. The molecule has 1 aliphatic heterocycles. The minimum atomic E-state index is -0.365.